The number of hydrogen-bond acceptors (Lipinski definition) is 4. The molecule has 6 heteroatoms. The van der Waals surface area contributed by atoms with E-state index in [1.807, 2.05) is 11.4 Å². The predicted molar refractivity (Wildman–Crippen MR) is 114 cm³/mol. The molecular weight excluding hydrogens is 370 g/mol. The first kappa shape index (κ1) is 20.6. The normalized spacial score (nSPS) is 15.5. The van der Waals surface area contributed by atoms with E-state index < -0.39 is 6.03 Å². The van der Waals surface area contributed by atoms with Crippen LogP contribution < -0.4 is 16.0 Å². The van der Waals surface area contributed by atoms with Gasteiger partial charge < -0.3 is 5.32 Å². The molecule has 3 rings (SSSR count). The van der Waals surface area contributed by atoms with Crippen LogP contribution in [0.15, 0.2) is 41.8 Å². The SMILES string of the molecule is CC(C)c1ccc([C@H](NCC(=O)NC(=O)NC2CCCC2)c2cccs2)cc1. The molecule has 0 spiro atoms. The molecule has 1 saturated carbocycles. The molecule has 1 aliphatic carbocycles. The van der Waals surface area contributed by atoms with Crippen LogP contribution in [-0.2, 0) is 4.79 Å². The fourth-order valence-electron chi connectivity index (χ4n) is 3.57. The molecular formula is C22H29N3O2S. The van der Waals surface area contributed by atoms with E-state index in [0.717, 1.165) is 36.1 Å². The van der Waals surface area contributed by atoms with Crippen molar-refractivity contribution in [3.05, 3.63) is 57.8 Å². The van der Waals surface area contributed by atoms with E-state index in [0.29, 0.717) is 5.92 Å². The van der Waals surface area contributed by atoms with Crippen molar-refractivity contribution < 1.29 is 9.59 Å². The van der Waals surface area contributed by atoms with Crippen molar-refractivity contribution in [3.8, 4) is 0 Å². The second kappa shape index (κ2) is 9.85. The van der Waals surface area contributed by atoms with Crippen LogP contribution in [0.3, 0.4) is 0 Å². The minimum absolute atomic E-state index is 0.0760. The lowest BCUT2D eigenvalue weighted by Gasteiger charge is -2.19. The van der Waals surface area contributed by atoms with Crippen molar-refractivity contribution in [2.24, 2.45) is 0 Å². The van der Waals surface area contributed by atoms with Gasteiger partial charge in [0.15, 0.2) is 0 Å². The summed E-state index contributed by atoms with van der Waals surface area (Å²) in [5, 5.41) is 10.6. The highest BCUT2D eigenvalue weighted by Crippen LogP contribution is 2.27. The Hall–Kier alpha value is -2.18. The standard InChI is InChI=1S/C22H29N3O2S/c1-15(2)16-9-11-17(12-10-16)21(19-8-5-13-28-19)23-14-20(26)25-22(27)24-18-6-3-4-7-18/h5,8-13,15,18,21,23H,3-4,6-7,14H2,1-2H3,(H2,24,25,26,27)/t21-/m0/s1. The van der Waals surface area contributed by atoms with Crippen LogP contribution in [0.2, 0.25) is 0 Å². The summed E-state index contributed by atoms with van der Waals surface area (Å²) in [4.78, 5) is 25.4. The Morgan fingerprint density at radius 3 is 2.36 bits per heavy atom. The number of amides is 3. The number of carbonyl (C=O) groups is 2. The van der Waals surface area contributed by atoms with Crippen molar-refractivity contribution in [1.82, 2.24) is 16.0 Å². The van der Waals surface area contributed by atoms with Gasteiger partial charge in [-0.05, 0) is 41.3 Å². The summed E-state index contributed by atoms with van der Waals surface area (Å²) in [7, 11) is 0. The Balaban J connectivity index is 1.59. The summed E-state index contributed by atoms with van der Waals surface area (Å²) in [5.41, 5.74) is 2.39. The molecule has 1 fully saturated rings. The van der Waals surface area contributed by atoms with Crippen LogP contribution in [0.4, 0.5) is 4.79 Å². The zero-order chi connectivity index (χ0) is 19.9. The van der Waals surface area contributed by atoms with Gasteiger partial charge in [0.25, 0.3) is 0 Å². The van der Waals surface area contributed by atoms with Crippen LogP contribution in [0.5, 0.6) is 0 Å². The molecule has 0 unspecified atom stereocenters. The fourth-order valence-corrected chi connectivity index (χ4v) is 4.40. The Labute approximate surface area is 170 Å². The minimum Gasteiger partial charge on any atom is -0.335 e. The third-order valence-corrected chi connectivity index (χ3v) is 6.11. The fraction of sp³-hybridized carbons (Fsp3) is 0.455. The van der Waals surface area contributed by atoms with Gasteiger partial charge in [-0.15, -0.1) is 11.3 Å². The van der Waals surface area contributed by atoms with Crippen LogP contribution in [0.25, 0.3) is 0 Å². The molecule has 3 N–H and O–H groups in total. The molecule has 1 aromatic carbocycles. The molecule has 1 aromatic heterocycles. The third-order valence-electron chi connectivity index (χ3n) is 5.17. The van der Waals surface area contributed by atoms with Crippen molar-refractivity contribution in [1.29, 1.82) is 0 Å². The molecule has 1 aliphatic rings. The van der Waals surface area contributed by atoms with Gasteiger partial charge in [-0.3, -0.25) is 15.4 Å². The molecule has 150 valence electrons. The number of imide groups is 1. The van der Waals surface area contributed by atoms with Gasteiger partial charge in [-0.25, -0.2) is 4.79 Å². The van der Waals surface area contributed by atoms with Crippen molar-refractivity contribution in [3.63, 3.8) is 0 Å². The highest BCUT2D eigenvalue weighted by Gasteiger charge is 2.20. The second-order valence-electron chi connectivity index (χ2n) is 7.65. The molecule has 2 aromatic rings. The number of thiophene rings is 1. The monoisotopic (exact) mass is 399 g/mol. The quantitative estimate of drug-likeness (QED) is 0.649. The summed E-state index contributed by atoms with van der Waals surface area (Å²) >= 11 is 1.65. The average molecular weight is 400 g/mol. The van der Waals surface area contributed by atoms with E-state index >= 15 is 0 Å². The van der Waals surface area contributed by atoms with E-state index in [1.54, 1.807) is 11.3 Å². The first-order chi connectivity index (χ1) is 13.5. The molecule has 3 amide bonds. The highest BCUT2D eigenvalue weighted by molar-refractivity contribution is 7.10. The van der Waals surface area contributed by atoms with E-state index in [9.17, 15) is 9.59 Å². The Bertz CT molecular complexity index is 766. The van der Waals surface area contributed by atoms with Gasteiger partial charge in [0.2, 0.25) is 5.91 Å². The maximum Gasteiger partial charge on any atom is 0.321 e. The zero-order valence-electron chi connectivity index (χ0n) is 16.5. The number of rotatable bonds is 7. The van der Waals surface area contributed by atoms with Gasteiger partial charge >= 0.3 is 6.03 Å². The zero-order valence-corrected chi connectivity index (χ0v) is 17.4. The lowest BCUT2D eigenvalue weighted by Crippen LogP contribution is -2.46. The van der Waals surface area contributed by atoms with Crippen molar-refractivity contribution in [2.45, 2.75) is 57.5 Å². The number of benzene rings is 1. The van der Waals surface area contributed by atoms with Crippen LogP contribution in [0.1, 0.15) is 67.5 Å². The molecule has 5 nitrogen and oxygen atoms in total. The number of carbonyl (C=O) groups excluding carboxylic acids is 2. The van der Waals surface area contributed by atoms with E-state index in [1.165, 1.54) is 5.56 Å². The number of hydrogen-bond donors (Lipinski definition) is 3. The summed E-state index contributed by atoms with van der Waals surface area (Å²) in [6.07, 6.45) is 4.26. The molecule has 1 heterocycles. The Kier molecular flexibility index (Phi) is 7.23. The smallest absolute Gasteiger partial charge is 0.321 e. The molecule has 28 heavy (non-hydrogen) atoms. The molecule has 0 bridgehead atoms. The highest BCUT2D eigenvalue weighted by atomic mass is 32.1. The summed E-state index contributed by atoms with van der Waals surface area (Å²) in [6.45, 7) is 4.42. The molecule has 0 aliphatic heterocycles. The lowest BCUT2D eigenvalue weighted by molar-refractivity contribution is -0.119. The molecule has 0 radical (unpaired) electrons. The van der Waals surface area contributed by atoms with Crippen LogP contribution >= 0.6 is 11.3 Å². The van der Waals surface area contributed by atoms with Crippen LogP contribution in [-0.4, -0.2) is 24.5 Å². The molecule has 0 saturated heterocycles. The molecule has 1 atom stereocenters. The third kappa shape index (κ3) is 5.66. The minimum atomic E-state index is -0.396. The summed E-state index contributed by atoms with van der Waals surface area (Å²) < 4.78 is 0. The van der Waals surface area contributed by atoms with Crippen molar-refractivity contribution in [2.75, 3.05) is 6.54 Å². The summed E-state index contributed by atoms with van der Waals surface area (Å²) in [5.74, 6) is 0.155. The van der Waals surface area contributed by atoms with Gasteiger partial charge in [-0.1, -0.05) is 57.0 Å². The number of urea groups is 1. The van der Waals surface area contributed by atoms with E-state index in [2.05, 4.69) is 60.1 Å². The maximum atomic E-state index is 12.2. The Morgan fingerprint density at radius 1 is 1.07 bits per heavy atom. The summed E-state index contributed by atoms with van der Waals surface area (Å²) in [6, 6.07) is 12.3. The van der Waals surface area contributed by atoms with E-state index in [-0.39, 0.29) is 24.5 Å². The Morgan fingerprint density at radius 2 is 1.75 bits per heavy atom. The van der Waals surface area contributed by atoms with Crippen LogP contribution in [0, 0.1) is 0 Å². The first-order valence-corrected chi connectivity index (χ1v) is 10.9. The van der Waals surface area contributed by atoms with Crippen molar-refractivity contribution >= 4 is 23.3 Å². The number of nitrogens with one attached hydrogen (secondary N) is 3. The largest absolute Gasteiger partial charge is 0.335 e. The van der Waals surface area contributed by atoms with E-state index in [4.69, 9.17) is 0 Å². The van der Waals surface area contributed by atoms with Gasteiger partial charge in [-0.2, -0.15) is 0 Å². The first-order valence-electron chi connectivity index (χ1n) is 10.00. The van der Waals surface area contributed by atoms with Gasteiger partial charge in [0, 0.05) is 10.9 Å². The average Bonchev–Trinajstić information content (AvgIpc) is 3.36. The second-order valence-corrected chi connectivity index (χ2v) is 8.63. The van der Waals surface area contributed by atoms with Gasteiger partial charge in [0.1, 0.15) is 0 Å². The predicted octanol–water partition coefficient (Wildman–Crippen LogP) is 4.32. The topological polar surface area (TPSA) is 70.2 Å². The van der Waals surface area contributed by atoms with Gasteiger partial charge in [0.05, 0.1) is 12.6 Å². The maximum absolute atomic E-state index is 12.2. The lowest BCUT2D eigenvalue weighted by atomic mass is 9.98.